The highest BCUT2D eigenvalue weighted by Crippen LogP contribution is 2.28. The Balaban J connectivity index is 1.65. The van der Waals surface area contributed by atoms with Crippen LogP contribution >= 0.6 is 0 Å². The first-order chi connectivity index (χ1) is 13.4. The van der Waals surface area contributed by atoms with Crippen molar-refractivity contribution in [3.05, 3.63) is 58.1 Å². The number of para-hydroxylation sites is 2. The molecule has 0 unspecified atom stereocenters. The zero-order valence-corrected chi connectivity index (χ0v) is 15.7. The molecule has 1 aliphatic rings. The van der Waals surface area contributed by atoms with E-state index < -0.39 is 4.92 Å². The number of anilines is 3. The van der Waals surface area contributed by atoms with Gasteiger partial charge in [0, 0.05) is 19.2 Å². The first kappa shape index (κ1) is 19.6. The Morgan fingerprint density at radius 1 is 1.21 bits per heavy atom. The zero-order chi connectivity index (χ0) is 20.1. The Labute approximate surface area is 163 Å². The number of aliphatic hydroxyl groups is 1. The molecule has 0 spiro atoms. The lowest BCUT2D eigenvalue weighted by molar-refractivity contribution is -0.384. The number of aryl methyl sites for hydroxylation is 1. The van der Waals surface area contributed by atoms with Gasteiger partial charge in [0.15, 0.2) is 0 Å². The zero-order valence-electron chi connectivity index (χ0n) is 15.7. The third-order valence-electron chi connectivity index (χ3n) is 4.77. The van der Waals surface area contributed by atoms with Gasteiger partial charge in [-0.25, -0.2) is 0 Å². The molecule has 1 fully saturated rings. The fraction of sp³-hybridized carbons (Fsp3) is 0.350. The molecule has 8 heteroatoms. The van der Waals surface area contributed by atoms with Crippen molar-refractivity contribution in [1.82, 2.24) is 0 Å². The summed E-state index contributed by atoms with van der Waals surface area (Å²) in [7, 11) is 0. The van der Waals surface area contributed by atoms with Crippen LogP contribution in [0.5, 0.6) is 0 Å². The smallest absolute Gasteiger partial charge is 0.293 e. The summed E-state index contributed by atoms with van der Waals surface area (Å²) in [5.74, 6) is -0.365. The topological polar surface area (TPSA) is 108 Å². The molecule has 28 heavy (non-hydrogen) atoms. The maximum atomic E-state index is 12.3. The number of amides is 1. The molecular weight excluding hydrogens is 360 g/mol. The molecule has 148 valence electrons. The van der Waals surface area contributed by atoms with Gasteiger partial charge in [0.1, 0.15) is 5.69 Å². The van der Waals surface area contributed by atoms with Crippen LogP contribution in [0.1, 0.15) is 18.4 Å². The van der Waals surface area contributed by atoms with Gasteiger partial charge in [0.2, 0.25) is 5.91 Å². The number of hydrogen-bond acceptors (Lipinski definition) is 6. The highest BCUT2D eigenvalue weighted by molar-refractivity contribution is 5.96. The third kappa shape index (κ3) is 4.77. The monoisotopic (exact) mass is 384 g/mol. The van der Waals surface area contributed by atoms with Gasteiger partial charge < -0.3 is 20.6 Å². The molecule has 0 aromatic heterocycles. The van der Waals surface area contributed by atoms with Gasteiger partial charge in [0.05, 0.1) is 28.9 Å². The van der Waals surface area contributed by atoms with E-state index in [-0.39, 0.29) is 29.9 Å². The lowest BCUT2D eigenvalue weighted by Crippen LogP contribution is -2.36. The molecule has 2 aromatic rings. The summed E-state index contributed by atoms with van der Waals surface area (Å²) in [6, 6.07) is 12.4. The number of nitrogens with one attached hydrogen (secondary N) is 2. The van der Waals surface area contributed by atoms with Crippen LogP contribution in [-0.4, -0.2) is 41.7 Å². The first-order valence-corrected chi connectivity index (χ1v) is 9.25. The van der Waals surface area contributed by atoms with Crippen LogP contribution in [0.4, 0.5) is 22.7 Å². The van der Waals surface area contributed by atoms with Crippen molar-refractivity contribution in [2.24, 2.45) is 0 Å². The van der Waals surface area contributed by atoms with Crippen molar-refractivity contribution in [2.45, 2.75) is 25.9 Å². The second-order valence-corrected chi connectivity index (χ2v) is 6.91. The Morgan fingerprint density at radius 3 is 2.64 bits per heavy atom. The maximum absolute atomic E-state index is 12.3. The maximum Gasteiger partial charge on any atom is 0.293 e. The molecule has 0 radical (unpaired) electrons. The molecule has 0 aliphatic carbocycles. The average Bonchev–Trinajstić information content (AvgIpc) is 2.68. The summed E-state index contributed by atoms with van der Waals surface area (Å²) in [6.07, 6.45) is 1.17. The molecular formula is C20H24N4O4. The fourth-order valence-corrected chi connectivity index (χ4v) is 3.27. The van der Waals surface area contributed by atoms with Gasteiger partial charge in [-0.3, -0.25) is 14.9 Å². The van der Waals surface area contributed by atoms with Gasteiger partial charge in [-0.1, -0.05) is 18.2 Å². The fourth-order valence-electron chi connectivity index (χ4n) is 3.27. The number of hydrogen-bond donors (Lipinski definition) is 3. The summed E-state index contributed by atoms with van der Waals surface area (Å²) in [6.45, 7) is 3.25. The number of nitro groups is 1. The number of piperidine rings is 1. The van der Waals surface area contributed by atoms with Crippen molar-refractivity contribution < 1.29 is 14.8 Å². The van der Waals surface area contributed by atoms with Crippen molar-refractivity contribution in [2.75, 3.05) is 35.2 Å². The van der Waals surface area contributed by atoms with Crippen LogP contribution < -0.4 is 15.5 Å². The van der Waals surface area contributed by atoms with E-state index in [1.54, 1.807) is 19.1 Å². The van der Waals surface area contributed by atoms with Crippen LogP contribution in [0.15, 0.2) is 42.5 Å². The quantitative estimate of drug-likeness (QED) is 0.522. The van der Waals surface area contributed by atoms with E-state index in [4.69, 9.17) is 0 Å². The number of rotatable bonds is 6. The van der Waals surface area contributed by atoms with Gasteiger partial charge in [-0.2, -0.15) is 0 Å². The summed E-state index contributed by atoms with van der Waals surface area (Å²) < 4.78 is 0. The van der Waals surface area contributed by atoms with Crippen LogP contribution in [0.2, 0.25) is 0 Å². The van der Waals surface area contributed by atoms with E-state index in [0.29, 0.717) is 12.8 Å². The SMILES string of the molecule is Cc1ccc(NC(=O)CNc2ccccc2N2CCC(O)CC2)c([N+](=O)[O-])c1. The van der Waals surface area contributed by atoms with Crippen LogP contribution in [-0.2, 0) is 4.79 Å². The standard InChI is InChI=1S/C20H24N4O4/c1-14-6-7-17(19(12-14)24(27)28)22-20(26)13-21-16-4-2-3-5-18(16)23-10-8-15(25)9-11-23/h2-7,12,15,21,25H,8-11,13H2,1H3,(H,22,26). The Morgan fingerprint density at radius 2 is 1.93 bits per heavy atom. The van der Waals surface area contributed by atoms with Crippen LogP contribution in [0.25, 0.3) is 0 Å². The van der Waals surface area contributed by atoms with E-state index in [0.717, 1.165) is 30.0 Å². The molecule has 1 aliphatic heterocycles. The number of carbonyl (C=O) groups is 1. The molecule has 0 saturated carbocycles. The van der Waals surface area contributed by atoms with Crippen molar-refractivity contribution in [1.29, 1.82) is 0 Å². The van der Waals surface area contributed by atoms with Gasteiger partial charge >= 0.3 is 0 Å². The number of nitro benzene ring substituents is 1. The van der Waals surface area contributed by atoms with E-state index in [9.17, 15) is 20.0 Å². The predicted octanol–water partition coefficient (Wildman–Crippen LogP) is 2.91. The molecule has 2 aromatic carbocycles. The largest absolute Gasteiger partial charge is 0.393 e. The van der Waals surface area contributed by atoms with Crippen LogP contribution in [0.3, 0.4) is 0 Å². The molecule has 3 rings (SSSR count). The molecule has 8 nitrogen and oxygen atoms in total. The lowest BCUT2D eigenvalue weighted by atomic mass is 10.1. The summed E-state index contributed by atoms with van der Waals surface area (Å²) in [5.41, 5.74) is 2.60. The number of benzene rings is 2. The van der Waals surface area contributed by atoms with Gasteiger partial charge in [-0.05, 0) is 43.5 Å². The van der Waals surface area contributed by atoms with E-state index in [1.807, 2.05) is 24.3 Å². The van der Waals surface area contributed by atoms with Crippen LogP contribution in [0, 0.1) is 17.0 Å². The molecule has 3 N–H and O–H groups in total. The second-order valence-electron chi connectivity index (χ2n) is 6.91. The van der Waals surface area contributed by atoms with Crippen molar-refractivity contribution in [3.8, 4) is 0 Å². The number of carbonyl (C=O) groups excluding carboxylic acids is 1. The normalized spacial score (nSPS) is 14.6. The van der Waals surface area contributed by atoms with E-state index >= 15 is 0 Å². The third-order valence-corrected chi connectivity index (χ3v) is 4.77. The molecule has 0 bridgehead atoms. The summed E-state index contributed by atoms with van der Waals surface area (Å²) in [5, 5.41) is 26.6. The highest BCUT2D eigenvalue weighted by atomic mass is 16.6. The van der Waals surface area contributed by atoms with Crippen molar-refractivity contribution >= 4 is 28.7 Å². The highest BCUT2D eigenvalue weighted by Gasteiger charge is 2.20. The van der Waals surface area contributed by atoms with Crippen molar-refractivity contribution in [3.63, 3.8) is 0 Å². The van der Waals surface area contributed by atoms with Gasteiger partial charge in [-0.15, -0.1) is 0 Å². The Kier molecular flexibility index (Phi) is 6.10. The molecule has 0 atom stereocenters. The minimum Gasteiger partial charge on any atom is -0.393 e. The molecule has 1 saturated heterocycles. The minimum absolute atomic E-state index is 0.0154. The Hall–Kier alpha value is -3.13. The minimum atomic E-state index is -0.504. The lowest BCUT2D eigenvalue weighted by Gasteiger charge is -2.32. The molecule has 1 heterocycles. The second kappa shape index (κ2) is 8.71. The number of nitrogens with zero attached hydrogens (tertiary/aromatic N) is 2. The molecule has 1 amide bonds. The predicted molar refractivity (Wildman–Crippen MR) is 109 cm³/mol. The van der Waals surface area contributed by atoms with E-state index in [1.165, 1.54) is 6.07 Å². The first-order valence-electron chi connectivity index (χ1n) is 9.25. The number of aliphatic hydroxyl groups excluding tert-OH is 1. The Bertz CT molecular complexity index is 863. The summed E-state index contributed by atoms with van der Waals surface area (Å²) >= 11 is 0. The average molecular weight is 384 g/mol. The van der Waals surface area contributed by atoms with E-state index in [2.05, 4.69) is 15.5 Å². The summed E-state index contributed by atoms with van der Waals surface area (Å²) in [4.78, 5) is 25.2. The van der Waals surface area contributed by atoms with Gasteiger partial charge in [0.25, 0.3) is 5.69 Å².